The molecule has 0 unspecified atom stereocenters. The number of carbonyl (C=O) groups is 1. The molecule has 1 saturated heterocycles. The molecular weight excluding hydrogens is 354 g/mol. The molecule has 26 heavy (non-hydrogen) atoms. The van der Waals surface area contributed by atoms with Crippen LogP contribution in [0.5, 0.6) is 17.2 Å². The van der Waals surface area contributed by atoms with E-state index in [0.29, 0.717) is 35.2 Å². The number of piperidine rings is 1. The van der Waals surface area contributed by atoms with Gasteiger partial charge in [-0.15, -0.1) is 0 Å². The van der Waals surface area contributed by atoms with E-state index in [0.717, 1.165) is 18.6 Å². The number of methoxy groups -OCH3 is 2. The molecule has 2 aromatic rings. The standard InChI is InChI=1S/C20H22ClNO4/c1-24-18-10-14(11-19(13-18)25-2)20(23)22-8-6-16(7-9-22)26-17-5-3-4-15(21)12-17/h3-5,10-13,16H,6-9H2,1-2H3. The number of carbonyl (C=O) groups excluding carboxylic acids is 1. The molecule has 0 aliphatic carbocycles. The second-order valence-electron chi connectivity index (χ2n) is 6.17. The Kier molecular flexibility index (Phi) is 5.89. The fourth-order valence-corrected chi connectivity index (χ4v) is 3.20. The molecule has 1 heterocycles. The lowest BCUT2D eigenvalue weighted by Gasteiger charge is -2.32. The van der Waals surface area contributed by atoms with Gasteiger partial charge in [0.25, 0.3) is 5.91 Å². The molecular formula is C20H22ClNO4. The van der Waals surface area contributed by atoms with Gasteiger partial charge in [-0.05, 0) is 30.3 Å². The molecule has 1 aliphatic rings. The molecule has 1 aliphatic heterocycles. The zero-order chi connectivity index (χ0) is 18.5. The van der Waals surface area contributed by atoms with Gasteiger partial charge < -0.3 is 19.1 Å². The number of rotatable bonds is 5. The number of ether oxygens (including phenoxy) is 3. The van der Waals surface area contributed by atoms with Crippen LogP contribution in [0.1, 0.15) is 23.2 Å². The number of hydrogen-bond donors (Lipinski definition) is 0. The summed E-state index contributed by atoms with van der Waals surface area (Å²) >= 11 is 5.99. The molecule has 0 saturated carbocycles. The minimum Gasteiger partial charge on any atom is -0.497 e. The number of likely N-dealkylation sites (tertiary alicyclic amines) is 1. The Bertz CT molecular complexity index is 750. The third-order valence-corrected chi connectivity index (χ3v) is 4.66. The lowest BCUT2D eigenvalue weighted by molar-refractivity contribution is 0.0595. The Balaban J connectivity index is 1.61. The Labute approximate surface area is 158 Å². The fourth-order valence-electron chi connectivity index (χ4n) is 3.02. The van der Waals surface area contributed by atoms with E-state index in [9.17, 15) is 4.79 Å². The molecule has 0 spiro atoms. The summed E-state index contributed by atoms with van der Waals surface area (Å²) in [4.78, 5) is 14.6. The monoisotopic (exact) mass is 375 g/mol. The van der Waals surface area contributed by atoms with Crippen molar-refractivity contribution in [2.24, 2.45) is 0 Å². The van der Waals surface area contributed by atoms with Crippen molar-refractivity contribution in [3.05, 3.63) is 53.1 Å². The first kappa shape index (κ1) is 18.4. The van der Waals surface area contributed by atoms with Crippen molar-refractivity contribution in [3.8, 4) is 17.2 Å². The predicted molar refractivity (Wildman–Crippen MR) is 101 cm³/mol. The Morgan fingerprint density at radius 2 is 1.65 bits per heavy atom. The number of benzene rings is 2. The van der Waals surface area contributed by atoms with Crippen LogP contribution in [0.3, 0.4) is 0 Å². The van der Waals surface area contributed by atoms with Crippen molar-refractivity contribution < 1.29 is 19.0 Å². The van der Waals surface area contributed by atoms with Crippen LogP contribution in [0, 0.1) is 0 Å². The maximum atomic E-state index is 12.8. The van der Waals surface area contributed by atoms with Gasteiger partial charge in [0, 0.05) is 42.6 Å². The predicted octanol–water partition coefficient (Wildman–Crippen LogP) is 4.04. The SMILES string of the molecule is COc1cc(OC)cc(C(=O)N2CCC(Oc3cccc(Cl)c3)CC2)c1. The summed E-state index contributed by atoms with van der Waals surface area (Å²) in [6.07, 6.45) is 1.64. The summed E-state index contributed by atoms with van der Waals surface area (Å²) < 4.78 is 16.5. The van der Waals surface area contributed by atoms with Gasteiger partial charge in [-0.3, -0.25) is 4.79 Å². The summed E-state index contributed by atoms with van der Waals surface area (Å²) in [6.45, 7) is 1.28. The van der Waals surface area contributed by atoms with Crippen LogP contribution in [0.2, 0.25) is 5.02 Å². The molecule has 0 bridgehead atoms. The molecule has 1 amide bonds. The summed E-state index contributed by atoms with van der Waals surface area (Å²) in [6, 6.07) is 12.6. The molecule has 1 fully saturated rings. The average molecular weight is 376 g/mol. The summed E-state index contributed by atoms with van der Waals surface area (Å²) in [5.41, 5.74) is 0.565. The van der Waals surface area contributed by atoms with Crippen LogP contribution < -0.4 is 14.2 Å². The van der Waals surface area contributed by atoms with E-state index in [-0.39, 0.29) is 12.0 Å². The number of nitrogens with zero attached hydrogens (tertiary/aromatic N) is 1. The van der Waals surface area contributed by atoms with Crippen molar-refractivity contribution in [2.45, 2.75) is 18.9 Å². The third kappa shape index (κ3) is 4.41. The summed E-state index contributed by atoms with van der Waals surface area (Å²) in [7, 11) is 3.14. The molecule has 138 valence electrons. The number of halogens is 1. The second kappa shape index (κ2) is 8.32. The first-order chi connectivity index (χ1) is 12.6. The molecule has 2 aromatic carbocycles. The van der Waals surface area contributed by atoms with Gasteiger partial charge in [0.15, 0.2) is 0 Å². The first-order valence-electron chi connectivity index (χ1n) is 8.53. The maximum Gasteiger partial charge on any atom is 0.254 e. The summed E-state index contributed by atoms with van der Waals surface area (Å²) in [5.74, 6) is 1.95. The maximum absolute atomic E-state index is 12.8. The Morgan fingerprint density at radius 3 is 2.23 bits per heavy atom. The van der Waals surface area contributed by atoms with E-state index >= 15 is 0 Å². The van der Waals surface area contributed by atoms with Crippen molar-refractivity contribution in [3.63, 3.8) is 0 Å². The van der Waals surface area contributed by atoms with Crippen LogP contribution in [0.15, 0.2) is 42.5 Å². The van der Waals surface area contributed by atoms with Crippen LogP contribution >= 0.6 is 11.6 Å². The minimum absolute atomic E-state index is 0.0246. The van der Waals surface area contributed by atoms with Crippen molar-refractivity contribution in [1.82, 2.24) is 4.90 Å². The van der Waals surface area contributed by atoms with E-state index in [4.69, 9.17) is 25.8 Å². The normalized spacial score (nSPS) is 14.8. The highest BCUT2D eigenvalue weighted by atomic mass is 35.5. The Hall–Kier alpha value is -2.40. The second-order valence-corrected chi connectivity index (χ2v) is 6.60. The van der Waals surface area contributed by atoms with Crippen LogP contribution in [-0.2, 0) is 0 Å². The zero-order valence-electron chi connectivity index (χ0n) is 14.9. The molecule has 6 heteroatoms. The molecule has 0 radical (unpaired) electrons. The number of hydrogen-bond acceptors (Lipinski definition) is 4. The highest BCUT2D eigenvalue weighted by molar-refractivity contribution is 6.30. The van der Waals surface area contributed by atoms with Gasteiger partial charge in [-0.25, -0.2) is 0 Å². The molecule has 0 N–H and O–H groups in total. The van der Waals surface area contributed by atoms with E-state index in [1.54, 1.807) is 32.4 Å². The van der Waals surface area contributed by atoms with E-state index in [1.165, 1.54) is 0 Å². The number of amides is 1. The van der Waals surface area contributed by atoms with E-state index in [2.05, 4.69) is 0 Å². The molecule has 3 rings (SSSR count). The van der Waals surface area contributed by atoms with Crippen LogP contribution in [0.25, 0.3) is 0 Å². The average Bonchev–Trinajstić information content (AvgIpc) is 2.67. The van der Waals surface area contributed by atoms with Gasteiger partial charge in [0.05, 0.1) is 14.2 Å². The van der Waals surface area contributed by atoms with Crippen molar-refractivity contribution in [1.29, 1.82) is 0 Å². The minimum atomic E-state index is -0.0246. The topological polar surface area (TPSA) is 48.0 Å². The van der Waals surface area contributed by atoms with Crippen molar-refractivity contribution >= 4 is 17.5 Å². The third-order valence-electron chi connectivity index (χ3n) is 4.43. The highest BCUT2D eigenvalue weighted by Crippen LogP contribution is 2.26. The lowest BCUT2D eigenvalue weighted by atomic mass is 10.1. The van der Waals surface area contributed by atoms with Gasteiger partial charge in [-0.2, -0.15) is 0 Å². The lowest BCUT2D eigenvalue weighted by Crippen LogP contribution is -2.41. The smallest absolute Gasteiger partial charge is 0.254 e. The molecule has 0 atom stereocenters. The Morgan fingerprint density at radius 1 is 1.00 bits per heavy atom. The van der Waals surface area contributed by atoms with E-state index in [1.807, 2.05) is 29.2 Å². The van der Waals surface area contributed by atoms with Gasteiger partial charge >= 0.3 is 0 Å². The van der Waals surface area contributed by atoms with E-state index < -0.39 is 0 Å². The van der Waals surface area contributed by atoms with Crippen molar-refractivity contribution in [2.75, 3.05) is 27.3 Å². The van der Waals surface area contributed by atoms with Crippen LogP contribution in [0.4, 0.5) is 0 Å². The molecule has 0 aromatic heterocycles. The first-order valence-corrected chi connectivity index (χ1v) is 8.91. The zero-order valence-corrected chi connectivity index (χ0v) is 15.7. The van der Waals surface area contributed by atoms with Gasteiger partial charge in [-0.1, -0.05) is 17.7 Å². The molecule has 5 nitrogen and oxygen atoms in total. The fraction of sp³-hybridized carbons (Fsp3) is 0.350. The van der Waals surface area contributed by atoms with Gasteiger partial charge in [0.1, 0.15) is 23.4 Å². The van der Waals surface area contributed by atoms with Gasteiger partial charge in [0.2, 0.25) is 0 Å². The highest BCUT2D eigenvalue weighted by Gasteiger charge is 2.25. The largest absolute Gasteiger partial charge is 0.497 e. The summed E-state index contributed by atoms with van der Waals surface area (Å²) in [5, 5.41) is 0.655. The van der Waals surface area contributed by atoms with Crippen LogP contribution in [-0.4, -0.2) is 44.2 Å². The quantitative estimate of drug-likeness (QED) is 0.791.